The normalized spacial score (nSPS) is 21.0. The number of thiophene rings is 1. The molecule has 294 valence electrons. The Morgan fingerprint density at radius 2 is 1.61 bits per heavy atom. The number of rotatable bonds is 10. The van der Waals surface area contributed by atoms with Crippen molar-refractivity contribution in [2.75, 3.05) is 6.54 Å². The van der Waals surface area contributed by atoms with E-state index in [-0.39, 0.29) is 25.3 Å². The van der Waals surface area contributed by atoms with E-state index in [0.717, 1.165) is 4.88 Å². The number of carbonyl (C=O) groups is 5. The van der Waals surface area contributed by atoms with Crippen LogP contribution in [0.5, 0.6) is 5.88 Å². The summed E-state index contributed by atoms with van der Waals surface area (Å²) in [6.07, 6.45) is 0.284. The highest BCUT2D eigenvalue weighted by Gasteiger charge is 2.61. The second kappa shape index (κ2) is 15.7. The fourth-order valence-corrected chi connectivity index (χ4v) is 7.34. The largest absolute Gasteiger partial charge is 0.471 e. The summed E-state index contributed by atoms with van der Waals surface area (Å²) in [4.78, 5) is 80.4. The van der Waals surface area contributed by atoms with Crippen molar-refractivity contribution in [1.29, 1.82) is 0 Å². The summed E-state index contributed by atoms with van der Waals surface area (Å²) in [6.45, 7) is 14.3. The van der Waals surface area contributed by atoms with Crippen LogP contribution in [-0.2, 0) is 19.1 Å². The lowest BCUT2D eigenvalue weighted by atomic mass is 9.85. The molecule has 5 atom stereocenters. The quantitative estimate of drug-likeness (QED) is 0.125. The lowest BCUT2D eigenvalue weighted by Crippen LogP contribution is -2.61. The first-order valence-electron chi connectivity index (χ1n) is 18.4. The molecule has 1 saturated heterocycles. The second-order valence-electron chi connectivity index (χ2n) is 16.1. The van der Waals surface area contributed by atoms with E-state index in [1.165, 1.54) is 16.2 Å². The van der Waals surface area contributed by atoms with Gasteiger partial charge in [-0.05, 0) is 68.3 Å². The number of nitrogens with zero attached hydrogens (tertiary/aromatic N) is 3. The SMILES string of the molecule is C=C[C@@H]1C[C@@]1(NC(=O)[C@@H]1C[C@@H](Oc2nc3ccccc3nc2-c2cccs2)CN1C(=O)[C@@H](NC(=O)OC(C)(C)C)C(C)(C)C)C(=O)NNC(=O)c1ccccc1. The van der Waals surface area contributed by atoms with E-state index in [9.17, 15) is 24.0 Å². The smallest absolute Gasteiger partial charge is 0.408 e. The third-order valence-corrected chi connectivity index (χ3v) is 10.4. The first kappa shape index (κ1) is 39.9. The van der Waals surface area contributed by atoms with Crippen LogP contribution in [0.4, 0.5) is 4.79 Å². The van der Waals surface area contributed by atoms with Crippen molar-refractivity contribution >= 4 is 52.1 Å². The number of hydrazine groups is 1. The van der Waals surface area contributed by atoms with Crippen LogP contribution in [0.1, 0.15) is 64.7 Å². The van der Waals surface area contributed by atoms with Crippen LogP contribution in [0.2, 0.25) is 0 Å². The van der Waals surface area contributed by atoms with Crippen molar-refractivity contribution in [2.45, 2.75) is 83.7 Å². The first-order valence-corrected chi connectivity index (χ1v) is 19.2. The summed E-state index contributed by atoms with van der Waals surface area (Å²) in [5.41, 5.74) is 3.92. The highest BCUT2D eigenvalue weighted by Crippen LogP contribution is 2.45. The van der Waals surface area contributed by atoms with Crippen molar-refractivity contribution in [2.24, 2.45) is 11.3 Å². The van der Waals surface area contributed by atoms with Gasteiger partial charge in [-0.25, -0.2) is 14.8 Å². The summed E-state index contributed by atoms with van der Waals surface area (Å²) in [5.74, 6) is -2.55. The topological polar surface area (TPSA) is 181 Å². The summed E-state index contributed by atoms with van der Waals surface area (Å²) in [7, 11) is 0. The maximum atomic E-state index is 14.6. The number of carbonyl (C=O) groups excluding carboxylic acids is 5. The zero-order valence-corrected chi connectivity index (χ0v) is 33.1. The zero-order valence-electron chi connectivity index (χ0n) is 32.3. The molecule has 2 aliphatic rings. The molecule has 1 aliphatic carbocycles. The van der Waals surface area contributed by atoms with Gasteiger partial charge in [-0.3, -0.25) is 30.0 Å². The monoisotopic (exact) mass is 781 g/mol. The van der Waals surface area contributed by atoms with Crippen molar-refractivity contribution < 1.29 is 33.4 Å². The number of nitrogens with one attached hydrogen (secondary N) is 4. The standard InChI is InChI=1S/C41H47N7O7S/c1-8-25-22-41(25,37(52)47-46-33(49)24-15-10-9-11-16-24)45-34(50)29-21-26(23-48(29)36(51)32(39(2,3)4)44-38(53)55-40(5,6)7)54-35-31(30-19-14-20-56-30)42-27-17-12-13-18-28(27)43-35/h8-20,25-26,29,32H,1,21-23H2,2-7H3,(H,44,53)(H,45,50)(H,46,49)(H,47,52)/t25-,26-,29+,32-,41+/m1/s1. The summed E-state index contributed by atoms with van der Waals surface area (Å²) < 4.78 is 12.1. The van der Waals surface area contributed by atoms with Crippen molar-refractivity contribution in [3.05, 3.63) is 90.3 Å². The maximum absolute atomic E-state index is 14.6. The Morgan fingerprint density at radius 3 is 2.21 bits per heavy atom. The van der Waals surface area contributed by atoms with Crippen LogP contribution in [-0.4, -0.2) is 80.5 Å². The number of alkyl carbamates (subject to hydrolysis) is 1. The molecule has 0 unspecified atom stereocenters. The van der Waals surface area contributed by atoms with Gasteiger partial charge in [-0.2, -0.15) is 0 Å². The summed E-state index contributed by atoms with van der Waals surface area (Å²) in [5, 5.41) is 7.54. The van der Waals surface area contributed by atoms with Gasteiger partial charge in [-0.15, -0.1) is 17.9 Å². The molecular formula is C41H47N7O7S. The molecule has 56 heavy (non-hydrogen) atoms. The van der Waals surface area contributed by atoms with Gasteiger partial charge in [0.1, 0.15) is 35.0 Å². The van der Waals surface area contributed by atoms with E-state index in [0.29, 0.717) is 22.3 Å². The Labute approximate surface area is 329 Å². The number of para-hydroxylation sites is 2. The Morgan fingerprint density at radius 1 is 0.929 bits per heavy atom. The zero-order chi connectivity index (χ0) is 40.4. The second-order valence-corrected chi connectivity index (χ2v) is 17.0. The Bertz CT molecular complexity index is 2130. The maximum Gasteiger partial charge on any atom is 0.408 e. The van der Waals surface area contributed by atoms with Crippen molar-refractivity contribution in [3.8, 4) is 16.5 Å². The number of benzene rings is 2. The van der Waals surface area contributed by atoms with Gasteiger partial charge in [-0.1, -0.05) is 63.2 Å². The minimum absolute atomic E-state index is 0.0282. The number of hydrogen-bond acceptors (Lipinski definition) is 10. The lowest BCUT2D eigenvalue weighted by molar-refractivity contribution is -0.143. The number of hydrogen-bond donors (Lipinski definition) is 4. The van der Waals surface area contributed by atoms with E-state index in [1.54, 1.807) is 78.0 Å². The molecule has 5 amide bonds. The van der Waals surface area contributed by atoms with Crippen LogP contribution in [0.25, 0.3) is 21.6 Å². The average Bonchev–Trinajstić information content (AvgIpc) is 3.43. The molecule has 14 nitrogen and oxygen atoms in total. The minimum atomic E-state index is -1.44. The molecule has 2 aromatic carbocycles. The van der Waals surface area contributed by atoms with Gasteiger partial charge < -0.3 is 25.0 Å². The van der Waals surface area contributed by atoms with Crippen LogP contribution in [0.3, 0.4) is 0 Å². The van der Waals surface area contributed by atoms with Gasteiger partial charge in [0.25, 0.3) is 11.8 Å². The van der Waals surface area contributed by atoms with Gasteiger partial charge in [0.05, 0.1) is 22.5 Å². The van der Waals surface area contributed by atoms with E-state index >= 15 is 0 Å². The molecule has 0 spiro atoms. The fraction of sp³-hybridized carbons (Fsp3) is 0.390. The summed E-state index contributed by atoms with van der Waals surface area (Å²) in [6, 6.07) is 17.3. The van der Waals surface area contributed by atoms with Gasteiger partial charge in [0.2, 0.25) is 17.7 Å². The molecule has 2 aromatic heterocycles. The van der Waals surface area contributed by atoms with Crippen LogP contribution >= 0.6 is 11.3 Å². The molecule has 0 radical (unpaired) electrons. The molecule has 4 aromatic rings. The van der Waals surface area contributed by atoms with Crippen LogP contribution in [0.15, 0.2) is 84.8 Å². The number of ether oxygens (including phenoxy) is 2. The molecule has 0 bridgehead atoms. The minimum Gasteiger partial charge on any atom is -0.471 e. The highest BCUT2D eigenvalue weighted by atomic mass is 32.1. The third-order valence-electron chi connectivity index (χ3n) is 9.57. The predicted octanol–water partition coefficient (Wildman–Crippen LogP) is 5.17. The molecule has 15 heteroatoms. The fourth-order valence-electron chi connectivity index (χ4n) is 6.64. The molecule has 3 heterocycles. The highest BCUT2D eigenvalue weighted by molar-refractivity contribution is 7.13. The molecule has 6 rings (SSSR count). The molecule has 1 saturated carbocycles. The van der Waals surface area contributed by atoms with Crippen molar-refractivity contribution in [3.63, 3.8) is 0 Å². The van der Waals surface area contributed by atoms with Crippen LogP contribution < -0.4 is 26.2 Å². The summed E-state index contributed by atoms with van der Waals surface area (Å²) >= 11 is 1.47. The molecule has 2 fully saturated rings. The average molecular weight is 782 g/mol. The Kier molecular flexibility index (Phi) is 11.2. The Hall–Kier alpha value is -5.83. The van der Waals surface area contributed by atoms with E-state index in [4.69, 9.17) is 19.4 Å². The van der Waals surface area contributed by atoms with E-state index in [1.807, 2.05) is 41.8 Å². The number of amides is 5. The number of likely N-dealkylation sites (tertiary alicyclic amines) is 1. The van der Waals surface area contributed by atoms with Gasteiger partial charge >= 0.3 is 6.09 Å². The van der Waals surface area contributed by atoms with Crippen molar-refractivity contribution in [1.82, 2.24) is 36.4 Å². The Balaban J connectivity index is 1.29. The molecule has 1 aliphatic heterocycles. The van der Waals surface area contributed by atoms with Gasteiger partial charge in [0.15, 0.2) is 0 Å². The predicted molar refractivity (Wildman–Crippen MR) is 211 cm³/mol. The molecular weight excluding hydrogens is 735 g/mol. The van der Waals surface area contributed by atoms with E-state index < -0.39 is 70.4 Å². The van der Waals surface area contributed by atoms with Gasteiger partial charge in [0, 0.05) is 17.9 Å². The van der Waals surface area contributed by atoms with Crippen LogP contribution in [0, 0.1) is 11.3 Å². The lowest BCUT2D eigenvalue weighted by Gasteiger charge is -2.36. The molecule has 4 N–H and O–H groups in total. The first-order chi connectivity index (χ1) is 26.5. The number of aromatic nitrogens is 2. The third kappa shape index (κ3) is 8.83. The van der Waals surface area contributed by atoms with E-state index in [2.05, 4.69) is 28.1 Å². The number of fused-ring (bicyclic) bond motifs is 1.